The van der Waals surface area contributed by atoms with Gasteiger partial charge in [0, 0.05) is 47.5 Å². The number of para-hydroxylation sites is 1. The Kier molecular flexibility index (Phi) is 12.4. The number of unbranched alkanes of at least 4 members (excludes halogenated alkanes) is 3. The second-order valence-electron chi connectivity index (χ2n) is 8.83. The molecule has 0 amide bonds. The van der Waals surface area contributed by atoms with Crippen LogP contribution in [-0.4, -0.2) is 24.7 Å². The lowest BCUT2D eigenvalue weighted by Gasteiger charge is -2.28. The molecule has 3 N–H and O–H groups in total. The molecule has 0 spiro atoms. The van der Waals surface area contributed by atoms with E-state index in [2.05, 4.69) is 54.8 Å². The Hall–Kier alpha value is -2.70. The molecule has 34 heavy (non-hydrogen) atoms. The van der Waals surface area contributed by atoms with E-state index in [4.69, 9.17) is 9.29 Å². The Bertz CT molecular complexity index is 927. The minimum atomic E-state index is -0.712. The van der Waals surface area contributed by atoms with E-state index in [1.165, 1.54) is 17.6 Å². The van der Waals surface area contributed by atoms with E-state index in [0.717, 1.165) is 54.9 Å². The lowest BCUT2D eigenvalue weighted by Crippen LogP contribution is -2.19. The number of aliphatic carboxylic acids is 1. The molecular weight excluding hydrogens is 444 g/mol. The second-order valence-corrected chi connectivity index (χ2v) is 9.80. The topological polar surface area (TPSA) is 70.6 Å². The molecule has 0 radical (unpaired) electrons. The minimum Gasteiger partial charge on any atom is -0.481 e. The zero-order valence-corrected chi connectivity index (χ0v) is 21.4. The number of hydrogen-bond donors (Lipinski definition) is 3. The molecule has 0 fully saturated rings. The summed E-state index contributed by atoms with van der Waals surface area (Å²) in [5.41, 5.74) is 3.41. The molecule has 0 saturated carbocycles. The first-order chi connectivity index (χ1) is 16.4. The second kappa shape index (κ2) is 15.3. The van der Waals surface area contributed by atoms with E-state index in [9.17, 15) is 4.79 Å². The number of benzene rings is 2. The van der Waals surface area contributed by atoms with Crippen LogP contribution in [0.5, 0.6) is 0 Å². The number of allylic oxidation sites excluding steroid dienone is 3. The van der Waals surface area contributed by atoms with Crippen molar-refractivity contribution < 1.29 is 14.1 Å². The predicted molar refractivity (Wildman–Crippen MR) is 145 cm³/mol. The highest BCUT2D eigenvalue weighted by molar-refractivity contribution is 7.94. The molecule has 0 aliphatic rings. The Labute approximate surface area is 208 Å². The van der Waals surface area contributed by atoms with Crippen LogP contribution < -0.4 is 10.6 Å². The van der Waals surface area contributed by atoms with Gasteiger partial charge in [0.25, 0.3) is 0 Å². The van der Waals surface area contributed by atoms with Crippen molar-refractivity contribution >= 4 is 29.4 Å². The van der Waals surface area contributed by atoms with Gasteiger partial charge in [0.2, 0.25) is 0 Å². The van der Waals surface area contributed by atoms with E-state index in [1.807, 2.05) is 42.6 Å². The normalized spacial score (nSPS) is 11.9. The third-order valence-electron chi connectivity index (χ3n) is 5.53. The third kappa shape index (κ3) is 10.5. The Morgan fingerprint density at radius 1 is 1.06 bits per heavy atom. The van der Waals surface area contributed by atoms with Crippen LogP contribution in [0.2, 0.25) is 0 Å². The largest absolute Gasteiger partial charge is 0.481 e. The van der Waals surface area contributed by atoms with Gasteiger partial charge in [-0.1, -0.05) is 57.0 Å². The SMILES string of the molecule is COSc1ccc(NCCCCCCC(=O)O)c(C(C)(C)C/C=C/C=C/Nc2ccccc2)c1. The monoisotopic (exact) mass is 482 g/mol. The molecule has 2 aromatic carbocycles. The summed E-state index contributed by atoms with van der Waals surface area (Å²) in [5.74, 6) is -0.712. The molecule has 2 rings (SSSR count). The molecule has 0 bridgehead atoms. The number of carbonyl (C=O) groups is 1. The summed E-state index contributed by atoms with van der Waals surface area (Å²) < 4.78 is 5.27. The fourth-order valence-electron chi connectivity index (χ4n) is 3.65. The van der Waals surface area contributed by atoms with Crippen molar-refractivity contribution in [2.24, 2.45) is 0 Å². The summed E-state index contributed by atoms with van der Waals surface area (Å²) in [6.45, 7) is 5.39. The van der Waals surface area contributed by atoms with E-state index in [-0.39, 0.29) is 11.8 Å². The Morgan fingerprint density at radius 2 is 1.82 bits per heavy atom. The molecule has 0 aliphatic carbocycles. The molecule has 0 aromatic heterocycles. The van der Waals surface area contributed by atoms with Gasteiger partial charge in [-0.15, -0.1) is 0 Å². The first-order valence-corrected chi connectivity index (χ1v) is 12.6. The van der Waals surface area contributed by atoms with Crippen LogP contribution in [-0.2, 0) is 14.4 Å². The number of rotatable bonds is 16. The third-order valence-corrected chi connectivity index (χ3v) is 6.14. The molecule has 0 heterocycles. The highest BCUT2D eigenvalue weighted by atomic mass is 32.2. The number of nitrogens with one attached hydrogen (secondary N) is 2. The van der Waals surface area contributed by atoms with Crippen LogP contribution in [0.15, 0.2) is 77.9 Å². The molecule has 184 valence electrons. The van der Waals surface area contributed by atoms with Crippen molar-refractivity contribution in [3.05, 3.63) is 78.5 Å². The van der Waals surface area contributed by atoms with E-state index in [0.29, 0.717) is 0 Å². The minimum absolute atomic E-state index is 0.0642. The van der Waals surface area contributed by atoms with Crippen molar-refractivity contribution in [2.75, 3.05) is 24.3 Å². The number of carboxylic acids is 1. The summed E-state index contributed by atoms with van der Waals surface area (Å²) in [6.07, 6.45) is 13.1. The zero-order chi connectivity index (χ0) is 24.7. The average molecular weight is 483 g/mol. The van der Waals surface area contributed by atoms with Crippen LogP contribution in [0.25, 0.3) is 0 Å². The maximum absolute atomic E-state index is 10.6. The summed E-state index contributed by atoms with van der Waals surface area (Å²) in [5, 5.41) is 15.6. The van der Waals surface area contributed by atoms with Gasteiger partial charge in [0.05, 0.1) is 7.11 Å². The lowest BCUT2D eigenvalue weighted by atomic mass is 9.80. The molecule has 0 atom stereocenters. The standard InChI is InChI=1S/C28H38N2O3S/c1-28(2,19-11-7-13-20-29-23-14-8-6-9-15-23)25-22-24(34-33-3)17-18-26(25)30-21-12-5-4-10-16-27(31)32/h6-9,11,13-15,17-18,20,22,29-30H,4-5,10,12,16,19,21H2,1-3H3,(H,31,32)/b11-7+,20-13+. The van der Waals surface area contributed by atoms with Crippen LogP contribution in [0.4, 0.5) is 11.4 Å². The average Bonchev–Trinajstić information content (AvgIpc) is 2.82. The first kappa shape index (κ1) is 27.5. The summed E-state index contributed by atoms with van der Waals surface area (Å²) in [6, 6.07) is 16.5. The molecule has 0 aliphatic heterocycles. The van der Waals surface area contributed by atoms with Gasteiger partial charge >= 0.3 is 5.97 Å². The van der Waals surface area contributed by atoms with Crippen molar-refractivity contribution in [3.8, 4) is 0 Å². The van der Waals surface area contributed by atoms with Gasteiger partial charge in [-0.3, -0.25) is 4.79 Å². The number of carboxylic acid groups (broad SMARTS) is 1. The fraction of sp³-hybridized carbons (Fsp3) is 0.393. The van der Waals surface area contributed by atoms with E-state index < -0.39 is 5.97 Å². The number of hydrogen-bond acceptors (Lipinski definition) is 5. The lowest BCUT2D eigenvalue weighted by molar-refractivity contribution is -0.137. The van der Waals surface area contributed by atoms with Gasteiger partial charge in [0.1, 0.15) is 0 Å². The summed E-state index contributed by atoms with van der Waals surface area (Å²) >= 11 is 1.37. The highest BCUT2D eigenvalue weighted by Gasteiger charge is 2.23. The van der Waals surface area contributed by atoms with Crippen LogP contribution in [0, 0.1) is 0 Å². The Balaban J connectivity index is 1.94. The molecule has 0 unspecified atom stereocenters. The Morgan fingerprint density at radius 3 is 2.56 bits per heavy atom. The maximum atomic E-state index is 10.6. The molecule has 2 aromatic rings. The van der Waals surface area contributed by atoms with Crippen molar-refractivity contribution in [2.45, 2.75) is 62.7 Å². The van der Waals surface area contributed by atoms with Crippen molar-refractivity contribution in [1.29, 1.82) is 0 Å². The van der Waals surface area contributed by atoms with Gasteiger partial charge < -0.3 is 19.9 Å². The smallest absolute Gasteiger partial charge is 0.303 e. The quantitative estimate of drug-likeness (QED) is 0.130. The van der Waals surface area contributed by atoms with Gasteiger partial charge in [0.15, 0.2) is 0 Å². The molecule has 6 heteroatoms. The van der Waals surface area contributed by atoms with Gasteiger partial charge in [-0.2, -0.15) is 0 Å². The maximum Gasteiger partial charge on any atom is 0.303 e. The van der Waals surface area contributed by atoms with Crippen molar-refractivity contribution in [3.63, 3.8) is 0 Å². The van der Waals surface area contributed by atoms with Crippen LogP contribution >= 0.6 is 12.0 Å². The van der Waals surface area contributed by atoms with Crippen LogP contribution in [0.1, 0.15) is 57.9 Å². The van der Waals surface area contributed by atoms with Gasteiger partial charge in [-0.05, 0) is 66.6 Å². The highest BCUT2D eigenvalue weighted by Crippen LogP contribution is 2.36. The van der Waals surface area contributed by atoms with Gasteiger partial charge in [-0.25, -0.2) is 0 Å². The van der Waals surface area contributed by atoms with Crippen molar-refractivity contribution in [1.82, 2.24) is 0 Å². The van der Waals surface area contributed by atoms with E-state index >= 15 is 0 Å². The molecule has 0 saturated heterocycles. The first-order valence-electron chi connectivity index (χ1n) is 11.9. The zero-order valence-electron chi connectivity index (χ0n) is 20.5. The number of anilines is 2. The predicted octanol–water partition coefficient (Wildman–Crippen LogP) is 7.64. The fourth-order valence-corrected chi connectivity index (χ4v) is 4.13. The molecule has 5 nitrogen and oxygen atoms in total. The summed E-state index contributed by atoms with van der Waals surface area (Å²) in [4.78, 5) is 11.7. The summed E-state index contributed by atoms with van der Waals surface area (Å²) in [7, 11) is 1.69. The molecular formula is C28H38N2O3S. The van der Waals surface area contributed by atoms with Crippen LogP contribution in [0.3, 0.4) is 0 Å². The van der Waals surface area contributed by atoms with E-state index in [1.54, 1.807) is 7.11 Å².